The smallest absolute Gasteiger partial charge is 0.409 e. The molecule has 6 nitrogen and oxygen atoms in total. The number of rotatable bonds is 3. The monoisotopic (exact) mass is 309 g/mol. The van der Waals surface area contributed by atoms with Gasteiger partial charge in [-0.2, -0.15) is 0 Å². The van der Waals surface area contributed by atoms with E-state index >= 15 is 0 Å². The highest BCUT2D eigenvalue weighted by Crippen LogP contribution is 2.06. The lowest BCUT2D eigenvalue weighted by molar-refractivity contribution is 0.0851. The molecule has 0 unspecified atom stereocenters. The van der Waals surface area contributed by atoms with Crippen LogP contribution in [-0.2, 0) is 11.3 Å². The summed E-state index contributed by atoms with van der Waals surface area (Å²) in [7, 11) is 0. The summed E-state index contributed by atoms with van der Waals surface area (Å²) in [6.07, 6.45) is -0.339. The molecule has 22 heavy (non-hydrogen) atoms. The Labute approximate surface area is 128 Å². The molecule has 0 radical (unpaired) electrons. The maximum absolute atomic E-state index is 12.8. The third kappa shape index (κ3) is 4.34. The van der Waals surface area contributed by atoms with Gasteiger partial charge in [-0.25, -0.2) is 14.0 Å². The molecule has 1 heterocycles. The zero-order valence-corrected chi connectivity index (χ0v) is 12.5. The number of nitrogens with zero attached hydrogens (tertiary/aromatic N) is 2. The number of carbonyl (C=O) groups excluding carboxylic acids is 2. The van der Waals surface area contributed by atoms with E-state index in [-0.39, 0.29) is 17.9 Å². The normalized spacial score (nSPS) is 14.6. The largest absolute Gasteiger partial charge is 0.450 e. The number of halogens is 1. The second-order valence-electron chi connectivity index (χ2n) is 4.96. The minimum Gasteiger partial charge on any atom is -0.450 e. The molecule has 0 aromatic heterocycles. The van der Waals surface area contributed by atoms with Crippen LogP contribution in [0.5, 0.6) is 0 Å². The molecule has 1 aromatic carbocycles. The Morgan fingerprint density at radius 2 is 1.73 bits per heavy atom. The first-order chi connectivity index (χ1) is 10.6. The topological polar surface area (TPSA) is 61.9 Å². The van der Waals surface area contributed by atoms with E-state index in [1.165, 1.54) is 12.1 Å². The van der Waals surface area contributed by atoms with Crippen molar-refractivity contribution in [2.24, 2.45) is 0 Å². The van der Waals surface area contributed by atoms with Crippen LogP contribution in [-0.4, -0.2) is 54.7 Å². The minimum absolute atomic E-state index is 0.187. The van der Waals surface area contributed by atoms with Crippen LogP contribution in [0.3, 0.4) is 0 Å². The molecule has 1 N–H and O–H groups in total. The summed E-state index contributed by atoms with van der Waals surface area (Å²) in [4.78, 5) is 26.9. The van der Waals surface area contributed by atoms with Gasteiger partial charge in [-0.05, 0) is 24.6 Å². The fourth-order valence-electron chi connectivity index (χ4n) is 2.20. The van der Waals surface area contributed by atoms with E-state index in [1.54, 1.807) is 28.9 Å². The molecule has 120 valence electrons. The second-order valence-corrected chi connectivity index (χ2v) is 4.96. The second kappa shape index (κ2) is 7.63. The Bertz CT molecular complexity index is 513. The van der Waals surface area contributed by atoms with Gasteiger partial charge in [0.25, 0.3) is 0 Å². The first kappa shape index (κ1) is 16.1. The van der Waals surface area contributed by atoms with Gasteiger partial charge in [0.2, 0.25) is 0 Å². The van der Waals surface area contributed by atoms with Crippen molar-refractivity contribution in [2.75, 3.05) is 32.8 Å². The zero-order chi connectivity index (χ0) is 15.9. The number of amides is 3. The van der Waals surface area contributed by atoms with Gasteiger partial charge in [-0.15, -0.1) is 0 Å². The Morgan fingerprint density at radius 3 is 2.32 bits per heavy atom. The van der Waals surface area contributed by atoms with Crippen molar-refractivity contribution in [1.82, 2.24) is 15.1 Å². The Balaban J connectivity index is 1.75. The molecule has 0 spiro atoms. The molecular formula is C15H20FN3O3. The van der Waals surface area contributed by atoms with Crippen LogP contribution in [0.4, 0.5) is 14.0 Å². The van der Waals surface area contributed by atoms with Crippen molar-refractivity contribution in [3.8, 4) is 0 Å². The van der Waals surface area contributed by atoms with E-state index in [2.05, 4.69) is 5.32 Å². The van der Waals surface area contributed by atoms with Gasteiger partial charge in [-0.1, -0.05) is 12.1 Å². The minimum atomic E-state index is -0.339. The van der Waals surface area contributed by atoms with Crippen molar-refractivity contribution in [1.29, 1.82) is 0 Å². The van der Waals surface area contributed by atoms with E-state index in [1.807, 2.05) is 0 Å². The van der Waals surface area contributed by atoms with E-state index in [0.717, 1.165) is 5.56 Å². The lowest BCUT2D eigenvalue weighted by Gasteiger charge is -2.34. The van der Waals surface area contributed by atoms with Gasteiger partial charge >= 0.3 is 12.1 Å². The third-order valence-corrected chi connectivity index (χ3v) is 3.45. The molecule has 1 aliphatic rings. The number of nitrogens with one attached hydrogen (secondary N) is 1. The number of hydrogen-bond donors (Lipinski definition) is 1. The number of benzene rings is 1. The third-order valence-electron chi connectivity index (χ3n) is 3.45. The van der Waals surface area contributed by atoms with E-state index in [0.29, 0.717) is 39.3 Å². The van der Waals surface area contributed by atoms with Gasteiger partial charge in [0.1, 0.15) is 5.82 Å². The number of carbonyl (C=O) groups is 2. The van der Waals surface area contributed by atoms with E-state index < -0.39 is 0 Å². The number of piperazine rings is 1. The van der Waals surface area contributed by atoms with Crippen LogP contribution >= 0.6 is 0 Å². The SMILES string of the molecule is CCOC(=O)N1CCN(C(=O)NCc2ccc(F)cc2)CC1. The molecule has 7 heteroatoms. The summed E-state index contributed by atoms with van der Waals surface area (Å²) in [6, 6.07) is 5.80. The summed E-state index contributed by atoms with van der Waals surface area (Å²) >= 11 is 0. The van der Waals surface area contributed by atoms with Gasteiger partial charge in [0.15, 0.2) is 0 Å². The summed E-state index contributed by atoms with van der Waals surface area (Å²) in [6.45, 7) is 4.30. The molecular weight excluding hydrogens is 289 g/mol. The molecule has 1 aliphatic heterocycles. The number of ether oxygens (including phenoxy) is 1. The van der Waals surface area contributed by atoms with Crippen molar-refractivity contribution in [3.05, 3.63) is 35.6 Å². The van der Waals surface area contributed by atoms with Gasteiger partial charge < -0.3 is 19.9 Å². The van der Waals surface area contributed by atoms with Crippen molar-refractivity contribution in [2.45, 2.75) is 13.5 Å². The van der Waals surface area contributed by atoms with Crippen LogP contribution in [0.25, 0.3) is 0 Å². The first-order valence-corrected chi connectivity index (χ1v) is 7.29. The first-order valence-electron chi connectivity index (χ1n) is 7.29. The maximum atomic E-state index is 12.8. The van der Waals surface area contributed by atoms with Gasteiger partial charge in [0.05, 0.1) is 6.61 Å². The molecule has 2 rings (SSSR count). The Kier molecular flexibility index (Phi) is 5.57. The van der Waals surface area contributed by atoms with Gasteiger partial charge in [0, 0.05) is 32.7 Å². The maximum Gasteiger partial charge on any atom is 0.409 e. The standard InChI is InChI=1S/C15H20FN3O3/c1-2-22-15(21)19-9-7-18(8-10-19)14(20)17-11-12-3-5-13(16)6-4-12/h3-6H,2,7-11H2,1H3,(H,17,20). The molecule has 3 amide bonds. The van der Waals surface area contributed by atoms with Crippen molar-refractivity contribution >= 4 is 12.1 Å². The molecule has 0 aliphatic carbocycles. The Morgan fingerprint density at radius 1 is 1.14 bits per heavy atom. The molecule has 0 bridgehead atoms. The average molecular weight is 309 g/mol. The van der Waals surface area contributed by atoms with Crippen molar-refractivity contribution in [3.63, 3.8) is 0 Å². The summed E-state index contributed by atoms with van der Waals surface area (Å²) in [5.74, 6) is -0.301. The predicted molar refractivity (Wildman–Crippen MR) is 78.8 cm³/mol. The van der Waals surface area contributed by atoms with Crippen LogP contribution in [0.15, 0.2) is 24.3 Å². The van der Waals surface area contributed by atoms with Crippen LogP contribution in [0.2, 0.25) is 0 Å². The lowest BCUT2D eigenvalue weighted by Crippen LogP contribution is -2.53. The predicted octanol–water partition coefficient (Wildman–Crippen LogP) is 1.81. The molecule has 0 saturated carbocycles. The zero-order valence-electron chi connectivity index (χ0n) is 12.5. The van der Waals surface area contributed by atoms with Gasteiger partial charge in [-0.3, -0.25) is 0 Å². The van der Waals surface area contributed by atoms with E-state index in [9.17, 15) is 14.0 Å². The van der Waals surface area contributed by atoms with Crippen LogP contribution < -0.4 is 5.32 Å². The number of hydrogen-bond acceptors (Lipinski definition) is 3. The van der Waals surface area contributed by atoms with E-state index in [4.69, 9.17) is 4.74 Å². The molecule has 0 atom stereocenters. The summed E-state index contributed by atoms with van der Waals surface area (Å²) in [5, 5.41) is 2.79. The average Bonchev–Trinajstić information content (AvgIpc) is 2.54. The molecule has 1 fully saturated rings. The summed E-state index contributed by atoms with van der Waals surface area (Å²) < 4.78 is 17.7. The molecule has 1 aromatic rings. The molecule has 1 saturated heterocycles. The van der Waals surface area contributed by atoms with Crippen molar-refractivity contribution < 1.29 is 18.7 Å². The summed E-state index contributed by atoms with van der Waals surface area (Å²) in [5.41, 5.74) is 0.833. The highest BCUT2D eigenvalue weighted by Gasteiger charge is 2.24. The number of urea groups is 1. The quantitative estimate of drug-likeness (QED) is 0.926. The fourth-order valence-corrected chi connectivity index (χ4v) is 2.20. The lowest BCUT2D eigenvalue weighted by atomic mass is 10.2. The highest BCUT2D eigenvalue weighted by atomic mass is 19.1. The van der Waals surface area contributed by atoms with Crippen LogP contribution in [0.1, 0.15) is 12.5 Å². The fraction of sp³-hybridized carbons (Fsp3) is 0.467. The Hall–Kier alpha value is -2.31. The highest BCUT2D eigenvalue weighted by molar-refractivity contribution is 5.75. The van der Waals surface area contributed by atoms with Crippen LogP contribution in [0, 0.1) is 5.82 Å².